The number of hydrogen-bond acceptors (Lipinski definition) is 4. The highest BCUT2D eigenvalue weighted by Gasteiger charge is 2.42. The van der Waals surface area contributed by atoms with Crippen LogP contribution in [-0.2, 0) is 20.9 Å². The summed E-state index contributed by atoms with van der Waals surface area (Å²) in [5, 5.41) is 0. The van der Waals surface area contributed by atoms with Crippen LogP contribution in [0.25, 0.3) is 0 Å². The summed E-state index contributed by atoms with van der Waals surface area (Å²) < 4.78 is 5.90. The van der Waals surface area contributed by atoms with Gasteiger partial charge < -0.3 is 14.5 Å². The first-order valence-corrected chi connectivity index (χ1v) is 8.27. The van der Waals surface area contributed by atoms with Crippen molar-refractivity contribution in [2.75, 3.05) is 26.2 Å². The first-order chi connectivity index (χ1) is 11.5. The largest absolute Gasteiger partial charge is 0.363 e. The molecule has 0 radical (unpaired) electrons. The van der Waals surface area contributed by atoms with E-state index < -0.39 is 0 Å². The number of carbonyl (C=O) groups is 2. The molecule has 2 aliphatic heterocycles. The number of likely N-dealkylation sites (tertiary alicyclic amines) is 1. The van der Waals surface area contributed by atoms with Crippen molar-refractivity contribution in [1.29, 1.82) is 0 Å². The lowest BCUT2D eigenvalue weighted by molar-refractivity contribution is -0.174. The molecule has 1 aromatic heterocycles. The fourth-order valence-electron chi connectivity index (χ4n) is 3.38. The maximum absolute atomic E-state index is 12.2. The molecule has 0 bridgehead atoms. The molecule has 2 saturated heterocycles. The second kappa shape index (κ2) is 6.73. The van der Waals surface area contributed by atoms with Crippen molar-refractivity contribution in [3.8, 4) is 0 Å². The Morgan fingerprint density at radius 3 is 2.83 bits per heavy atom. The maximum atomic E-state index is 12.2. The number of piperidine rings is 1. The Kier molecular flexibility index (Phi) is 4.66. The summed E-state index contributed by atoms with van der Waals surface area (Å²) in [7, 11) is 0. The molecule has 6 nitrogen and oxygen atoms in total. The van der Waals surface area contributed by atoms with Gasteiger partial charge in [-0.2, -0.15) is 0 Å². The van der Waals surface area contributed by atoms with Crippen molar-refractivity contribution in [2.45, 2.75) is 31.9 Å². The van der Waals surface area contributed by atoms with Crippen LogP contribution in [0.3, 0.4) is 0 Å². The van der Waals surface area contributed by atoms with Crippen LogP contribution in [0.4, 0.5) is 0 Å². The summed E-state index contributed by atoms with van der Waals surface area (Å²) in [5.74, 6) is -0.0499. The van der Waals surface area contributed by atoms with Crippen molar-refractivity contribution < 1.29 is 14.3 Å². The van der Waals surface area contributed by atoms with Gasteiger partial charge in [-0.25, -0.2) is 0 Å². The monoisotopic (exact) mass is 329 g/mol. The van der Waals surface area contributed by atoms with Gasteiger partial charge >= 0.3 is 0 Å². The van der Waals surface area contributed by atoms with Crippen LogP contribution >= 0.6 is 0 Å². The molecule has 3 heterocycles. The third kappa shape index (κ3) is 3.48. The molecule has 0 unspecified atom stereocenters. The summed E-state index contributed by atoms with van der Waals surface area (Å²) in [6.45, 7) is 7.90. The molecule has 3 rings (SSSR count). The van der Waals surface area contributed by atoms with Crippen LogP contribution < -0.4 is 0 Å². The van der Waals surface area contributed by atoms with E-state index in [-0.39, 0.29) is 24.0 Å². The number of pyridine rings is 1. The highest BCUT2D eigenvalue weighted by Crippen LogP contribution is 2.31. The second-order valence-electron chi connectivity index (χ2n) is 6.52. The second-order valence-corrected chi connectivity index (χ2v) is 6.52. The third-order valence-electron chi connectivity index (χ3n) is 4.79. The number of nitrogens with zero attached hydrogens (tertiary/aromatic N) is 3. The first-order valence-electron chi connectivity index (χ1n) is 8.27. The Labute approximate surface area is 142 Å². The quantitative estimate of drug-likeness (QED) is 0.784. The number of rotatable bonds is 3. The van der Waals surface area contributed by atoms with Crippen molar-refractivity contribution in [3.63, 3.8) is 0 Å². The minimum Gasteiger partial charge on any atom is -0.363 e. The zero-order valence-corrected chi connectivity index (χ0v) is 14.0. The minimum atomic E-state index is -0.352. The third-order valence-corrected chi connectivity index (χ3v) is 4.79. The molecule has 2 aliphatic rings. The van der Waals surface area contributed by atoms with Gasteiger partial charge in [0.05, 0.1) is 24.4 Å². The van der Waals surface area contributed by atoms with Gasteiger partial charge in [-0.3, -0.25) is 14.6 Å². The maximum Gasteiger partial charge on any atom is 0.249 e. The van der Waals surface area contributed by atoms with E-state index in [9.17, 15) is 9.59 Å². The van der Waals surface area contributed by atoms with Crippen LogP contribution in [0.5, 0.6) is 0 Å². The predicted octanol–water partition coefficient (Wildman–Crippen LogP) is 1.30. The zero-order chi connectivity index (χ0) is 17.2. The van der Waals surface area contributed by atoms with Crippen LogP contribution in [0.15, 0.2) is 30.9 Å². The van der Waals surface area contributed by atoms with E-state index in [1.807, 2.05) is 30.0 Å². The minimum absolute atomic E-state index is 0.00599. The molecule has 0 aliphatic carbocycles. The highest BCUT2D eigenvalue weighted by atomic mass is 16.5. The molecular weight excluding hydrogens is 306 g/mol. The molecule has 1 spiro atoms. The van der Waals surface area contributed by atoms with Crippen LogP contribution in [0.1, 0.15) is 24.2 Å². The van der Waals surface area contributed by atoms with E-state index >= 15 is 0 Å². The van der Waals surface area contributed by atoms with Crippen LogP contribution in [-0.4, -0.2) is 58.4 Å². The van der Waals surface area contributed by atoms with E-state index in [0.717, 1.165) is 24.2 Å². The molecule has 2 amide bonds. The Bertz CT molecular complexity index is 651. The molecule has 128 valence electrons. The van der Waals surface area contributed by atoms with E-state index in [2.05, 4.69) is 11.6 Å². The summed E-state index contributed by atoms with van der Waals surface area (Å²) in [5.41, 5.74) is 1.48. The molecule has 0 atom stereocenters. The number of morpholine rings is 1. The first kappa shape index (κ1) is 16.6. The fraction of sp³-hybridized carbons (Fsp3) is 0.500. The molecule has 2 fully saturated rings. The molecular formula is C18H23N3O3. The van der Waals surface area contributed by atoms with Crippen molar-refractivity contribution in [1.82, 2.24) is 14.8 Å². The Balaban J connectivity index is 1.66. The van der Waals surface area contributed by atoms with E-state index in [0.29, 0.717) is 26.2 Å². The number of carbonyl (C=O) groups excluding carboxylic acids is 2. The van der Waals surface area contributed by atoms with Gasteiger partial charge in [0.2, 0.25) is 11.8 Å². The van der Waals surface area contributed by atoms with Gasteiger partial charge in [0, 0.05) is 18.8 Å². The average molecular weight is 329 g/mol. The lowest BCUT2D eigenvalue weighted by atomic mass is 9.89. The lowest BCUT2D eigenvalue weighted by Gasteiger charge is -2.46. The van der Waals surface area contributed by atoms with Gasteiger partial charge in [-0.05, 0) is 38.0 Å². The predicted molar refractivity (Wildman–Crippen MR) is 89.1 cm³/mol. The van der Waals surface area contributed by atoms with Crippen molar-refractivity contribution >= 4 is 11.8 Å². The Morgan fingerprint density at radius 1 is 1.42 bits per heavy atom. The molecule has 6 heteroatoms. The van der Waals surface area contributed by atoms with Gasteiger partial charge in [-0.15, -0.1) is 0 Å². The summed E-state index contributed by atoms with van der Waals surface area (Å²) in [6.07, 6.45) is 2.81. The topological polar surface area (TPSA) is 62.7 Å². The number of aryl methyl sites for hydroxylation is 1. The zero-order valence-electron chi connectivity index (χ0n) is 14.0. The number of aromatic nitrogens is 1. The normalized spacial score (nSPS) is 20.3. The molecule has 1 aromatic rings. The van der Waals surface area contributed by atoms with Gasteiger partial charge in [0.15, 0.2) is 0 Å². The van der Waals surface area contributed by atoms with E-state index in [1.54, 1.807) is 4.90 Å². The number of hydrogen-bond donors (Lipinski definition) is 0. The molecule has 0 N–H and O–H groups in total. The standard InChI is InChI=1S/C18H23N3O3/c1-3-16(22)20-9-7-18(8-10-20)13-21(17(23)12-24-18)11-15-6-4-5-14(2)19-15/h3-6H,1,7-13H2,2H3. The highest BCUT2D eigenvalue weighted by molar-refractivity contribution is 5.87. The molecule has 0 saturated carbocycles. The van der Waals surface area contributed by atoms with Gasteiger partial charge in [-0.1, -0.05) is 12.6 Å². The Hall–Kier alpha value is -2.21. The van der Waals surface area contributed by atoms with Crippen LogP contribution in [0.2, 0.25) is 0 Å². The Morgan fingerprint density at radius 2 is 2.17 bits per heavy atom. The average Bonchev–Trinajstić information content (AvgIpc) is 2.58. The van der Waals surface area contributed by atoms with Crippen LogP contribution in [0, 0.1) is 6.92 Å². The van der Waals surface area contributed by atoms with E-state index in [1.165, 1.54) is 6.08 Å². The lowest BCUT2D eigenvalue weighted by Crippen LogP contribution is -2.58. The molecule has 0 aromatic carbocycles. The van der Waals surface area contributed by atoms with E-state index in [4.69, 9.17) is 4.74 Å². The summed E-state index contributed by atoms with van der Waals surface area (Å²) in [4.78, 5) is 32.0. The number of ether oxygens (including phenoxy) is 1. The van der Waals surface area contributed by atoms with Gasteiger partial charge in [0.1, 0.15) is 6.61 Å². The SMILES string of the molecule is C=CC(=O)N1CCC2(CC1)CN(Cc1cccc(C)n1)C(=O)CO2. The summed E-state index contributed by atoms with van der Waals surface area (Å²) >= 11 is 0. The smallest absolute Gasteiger partial charge is 0.249 e. The van der Waals surface area contributed by atoms with Crippen molar-refractivity contribution in [3.05, 3.63) is 42.2 Å². The van der Waals surface area contributed by atoms with Crippen molar-refractivity contribution in [2.24, 2.45) is 0 Å². The molecule has 24 heavy (non-hydrogen) atoms. The fourth-order valence-corrected chi connectivity index (χ4v) is 3.38. The summed E-state index contributed by atoms with van der Waals surface area (Å²) in [6, 6.07) is 5.84. The van der Waals surface area contributed by atoms with Gasteiger partial charge in [0.25, 0.3) is 0 Å². The number of amides is 2.